The summed E-state index contributed by atoms with van der Waals surface area (Å²) < 4.78 is 32.6. The largest absolute Gasteiger partial charge is 0.360 e. The molecule has 2 aliphatic heterocycles. The first-order valence-corrected chi connectivity index (χ1v) is 11.6. The quantitative estimate of drug-likeness (QED) is 0.700. The average Bonchev–Trinajstić information content (AvgIpc) is 3.10. The second-order valence-electron chi connectivity index (χ2n) is 8.12. The van der Waals surface area contributed by atoms with Crippen molar-refractivity contribution in [3.8, 4) is 0 Å². The van der Waals surface area contributed by atoms with Crippen LogP contribution in [-0.4, -0.2) is 78.3 Å². The van der Waals surface area contributed by atoms with E-state index in [1.54, 1.807) is 23.6 Å². The van der Waals surface area contributed by atoms with Gasteiger partial charge in [-0.15, -0.1) is 0 Å². The fraction of sp³-hybridized carbons (Fsp3) is 0.737. The first-order chi connectivity index (χ1) is 13.6. The molecule has 1 aromatic heterocycles. The van der Waals surface area contributed by atoms with Crippen LogP contribution in [0.1, 0.15) is 44.6 Å². The van der Waals surface area contributed by atoms with E-state index in [2.05, 4.69) is 5.16 Å². The van der Waals surface area contributed by atoms with Crippen LogP contribution in [0.25, 0.3) is 0 Å². The lowest BCUT2D eigenvalue weighted by Gasteiger charge is -2.34. The molecule has 10 heteroatoms. The Labute approximate surface area is 172 Å². The normalized spacial score (nSPS) is 20.4. The van der Waals surface area contributed by atoms with E-state index in [4.69, 9.17) is 4.52 Å². The second kappa shape index (κ2) is 8.43. The predicted molar refractivity (Wildman–Crippen MR) is 106 cm³/mol. The van der Waals surface area contributed by atoms with Gasteiger partial charge in [-0.05, 0) is 32.6 Å². The molecule has 1 unspecified atom stereocenters. The lowest BCUT2D eigenvalue weighted by Crippen LogP contribution is -2.52. The van der Waals surface area contributed by atoms with Gasteiger partial charge in [-0.1, -0.05) is 19.0 Å². The molecule has 0 aliphatic carbocycles. The van der Waals surface area contributed by atoms with Crippen molar-refractivity contribution in [1.29, 1.82) is 0 Å². The number of carbonyl (C=O) groups is 2. The zero-order chi connectivity index (χ0) is 21.3. The molecule has 0 aromatic carbocycles. The summed E-state index contributed by atoms with van der Waals surface area (Å²) in [5, 5.41) is 3.75. The third kappa shape index (κ3) is 4.18. The Hall–Kier alpha value is -1.94. The van der Waals surface area contributed by atoms with Gasteiger partial charge >= 0.3 is 0 Å². The minimum atomic E-state index is -3.74. The van der Waals surface area contributed by atoms with Crippen LogP contribution < -0.4 is 0 Å². The molecule has 3 rings (SSSR count). The number of likely N-dealkylation sites (tertiary alicyclic amines) is 1. The monoisotopic (exact) mass is 426 g/mol. The van der Waals surface area contributed by atoms with Crippen LogP contribution in [-0.2, 0) is 19.6 Å². The van der Waals surface area contributed by atoms with E-state index in [1.165, 1.54) is 4.31 Å². The van der Waals surface area contributed by atoms with Crippen molar-refractivity contribution in [3.63, 3.8) is 0 Å². The van der Waals surface area contributed by atoms with Gasteiger partial charge in [-0.2, -0.15) is 4.31 Å². The molecule has 0 N–H and O–H groups in total. The Balaban J connectivity index is 1.75. The number of nitrogens with zero attached hydrogens (tertiary/aromatic N) is 4. The van der Waals surface area contributed by atoms with E-state index in [0.717, 1.165) is 6.42 Å². The van der Waals surface area contributed by atoms with Gasteiger partial charge in [0.25, 0.3) is 0 Å². The van der Waals surface area contributed by atoms with E-state index < -0.39 is 16.1 Å². The molecule has 2 fully saturated rings. The summed E-state index contributed by atoms with van der Waals surface area (Å²) in [5.74, 6) is 0.198. The fourth-order valence-corrected chi connectivity index (χ4v) is 6.02. The van der Waals surface area contributed by atoms with Gasteiger partial charge < -0.3 is 14.3 Å². The first kappa shape index (κ1) is 21.8. The lowest BCUT2D eigenvalue weighted by molar-refractivity contribution is -0.145. The number of aryl methyl sites for hydroxylation is 2. The van der Waals surface area contributed by atoms with Crippen LogP contribution in [0.4, 0.5) is 0 Å². The van der Waals surface area contributed by atoms with Crippen molar-refractivity contribution >= 4 is 21.8 Å². The van der Waals surface area contributed by atoms with Crippen LogP contribution in [0.3, 0.4) is 0 Å². The van der Waals surface area contributed by atoms with Gasteiger partial charge in [0.05, 0.1) is 0 Å². The van der Waals surface area contributed by atoms with Gasteiger partial charge in [-0.3, -0.25) is 9.59 Å². The Morgan fingerprint density at radius 2 is 1.79 bits per heavy atom. The minimum absolute atomic E-state index is 0.00468. The highest BCUT2D eigenvalue weighted by Crippen LogP contribution is 2.25. The molecule has 0 saturated carbocycles. The molecule has 1 atom stereocenters. The van der Waals surface area contributed by atoms with E-state index in [9.17, 15) is 18.0 Å². The highest BCUT2D eigenvalue weighted by Gasteiger charge is 2.39. The second-order valence-corrected chi connectivity index (χ2v) is 9.99. The molecule has 3 heterocycles. The van der Waals surface area contributed by atoms with Crippen molar-refractivity contribution < 1.29 is 22.5 Å². The number of carbonyl (C=O) groups excluding carboxylic acids is 2. The fourth-order valence-electron chi connectivity index (χ4n) is 4.26. The molecule has 9 nitrogen and oxygen atoms in total. The van der Waals surface area contributed by atoms with E-state index in [1.807, 2.05) is 13.8 Å². The maximum atomic E-state index is 13.3. The van der Waals surface area contributed by atoms with Gasteiger partial charge in [0.1, 0.15) is 16.6 Å². The Bertz CT molecular complexity index is 860. The average molecular weight is 427 g/mol. The number of aromatic nitrogens is 1. The molecule has 162 valence electrons. The smallest absolute Gasteiger partial charge is 0.248 e. The van der Waals surface area contributed by atoms with Crippen molar-refractivity contribution in [2.75, 3.05) is 32.7 Å². The first-order valence-electron chi connectivity index (χ1n) is 10.2. The molecule has 0 bridgehead atoms. The summed E-state index contributed by atoms with van der Waals surface area (Å²) in [6.07, 6.45) is 1.80. The van der Waals surface area contributed by atoms with Gasteiger partial charge in [0.2, 0.25) is 21.8 Å². The van der Waals surface area contributed by atoms with Crippen molar-refractivity contribution in [2.24, 2.45) is 5.92 Å². The Kier molecular flexibility index (Phi) is 6.33. The molecular weight excluding hydrogens is 396 g/mol. The molecule has 1 aromatic rings. The van der Waals surface area contributed by atoms with Crippen molar-refractivity contribution in [2.45, 2.75) is 57.9 Å². The van der Waals surface area contributed by atoms with Crippen molar-refractivity contribution in [1.82, 2.24) is 19.3 Å². The molecule has 0 spiro atoms. The molecular formula is C19H30N4O5S. The highest BCUT2D eigenvalue weighted by atomic mass is 32.2. The summed E-state index contributed by atoms with van der Waals surface area (Å²) in [4.78, 5) is 29.0. The minimum Gasteiger partial charge on any atom is -0.360 e. The van der Waals surface area contributed by atoms with Gasteiger partial charge in [-0.25, -0.2) is 8.42 Å². The zero-order valence-electron chi connectivity index (χ0n) is 17.5. The van der Waals surface area contributed by atoms with Crippen LogP contribution in [0.5, 0.6) is 0 Å². The van der Waals surface area contributed by atoms with Crippen LogP contribution >= 0.6 is 0 Å². The summed E-state index contributed by atoms with van der Waals surface area (Å²) in [6.45, 7) is 8.98. The van der Waals surface area contributed by atoms with E-state index in [-0.39, 0.29) is 34.9 Å². The summed E-state index contributed by atoms with van der Waals surface area (Å²) in [5.41, 5.74) is 0.340. The summed E-state index contributed by atoms with van der Waals surface area (Å²) in [7, 11) is -3.74. The third-order valence-electron chi connectivity index (χ3n) is 5.66. The Morgan fingerprint density at radius 1 is 1.07 bits per heavy atom. The summed E-state index contributed by atoms with van der Waals surface area (Å²) in [6, 6.07) is -0.490. The standard InChI is InChI=1S/C19H30N4O5S/c1-13(2)17(23-10-5-7-16(23)24)19(25)21-8-6-9-22(12-11-21)29(26,27)18-14(3)20-28-15(18)4/h13,17H,5-12H2,1-4H3. The number of hydrogen-bond acceptors (Lipinski definition) is 6. The molecule has 2 saturated heterocycles. The highest BCUT2D eigenvalue weighted by molar-refractivity contribution is 7.89. The zero-order valence-corrected chi connectivity index (χ0v) is 18.4. The summed E-state index contributed by atoms with van der Waals surface area (Å²) >= 11 is 0. The molecule has 29 heavy (non-hydrogen) atoms. The lowest BCUT2D eigenvalue weighted by atomic mass is 10.0. The third-order valence-corrected chi connectivity index (χ3v) is 7.81. The molecule has 0 radical (unpaired) electrons. The maximum absolute atomic E-state index is 13.3. The van der Waals surface area contributed by atoms with Gasteiger partial charge in [0, 0.05) is 39.1 Å². The number of sulfonamides is 1. The molecule has 2 amide bonds. The molecule has 2 aliphatic rings. The predicted octanol–water partition coefficient (Wildman–Crippen LogP) is 1.16. The SMILES string of the molecule is Cc1noc(C)c1S(=O)(=O)N1CCCN(C(=O)C(C(C)C)N2CCCC2=O)CC1. The van der Waals surface area contributed by atoms with Crippen LogP contribution in [0, 0.1) is 19.8 Å². The number of amides is 2. The topological polar surface area (TPSA) is 104 Å². The van der Waals surface area contributed by atoms with Gasteiger partial charge in [0.15, 0.2) is 5.76 Å². The Morgan fingerprint density at radius 3 is 2.34 bits per heavy atom. The van der Waals surface area contributed by atoms with E-state index >= 15 is 0 Å². The number of rotatable bonds is 5. The van der Waals surface area contributed by atoms with Crippen LogP contribution in [0.15, 0.2) is 9.42 Å². The van der Waals surface area contributed by atoms with Crippen molar-refractivity contribution in [3.05, 3.63) is 11.5 Å². The maximum Gasteiger partial charge on any atom is 0.248 e. The van der Waals surface area contributed by atoms with Crippen LogP contribution in [0.2, 0.25) is 0 Å². The van der Waals surface area contributed by atoms with E-state index in [0.29, 0.717) is 44.7 Å². The number of hydrogen-bond donors (Lipinski definition) is 0.